The Bertz CT molecular complexity index is 849. The van der Waals surface area contributed by atoms with Crippen LogP contribution in [0.3, 0.4) is 0 Å². The Kier molecular flexibility index (Phi) is 5.27. The van der Waals surface area contributed by atoms with Crippen molar-refractivity contribution in [1.82, 2.24) is 10.3 Å². The maximum Gasteiger partial charge on any atom is 0.266 e. The van der Waals surface area contributed by atoms with Crippen LogP contribution in [-0.2, 0) is 14.8 Å². The van der Waals surface area contributed by atoms with E-state index in [0.29, 0.717) is 5.69 Å². The Morgan fingerprint density at radius 3 is 2.08 bits per heavy atom. The van der Waals surface area contributed by atoms with Gasteiger partial charge in [0.2, 0.25) is 5.91 Å². The van der Waals surface area contributed by atoms with Crippen LogP contribution >= 0.6 is 0 Å². The number of benzene rings is 2. The molecule has 0 spiro atoms. The van der Waals surface area contributed by atoms with Gasteiger partial charge in [-0.1, -0.05) is 0 Å². The van der Waals surface area contributed by atoms with E-state index in [4.69, 9.17) is 0 Å². The molecule has 9 heteroatoms. The largest absolute Gasteiger partial charge is 0.326 e. The first-order chi connectivity index (χ1) is 11.3. The second kappa shape index (κ2) is 7.20. The molecule has 0 heterocycles. The van der Waals surface area contributed by atoms with Crippen molar-refractivity contribution in [2.24, 2.45) is 0 Å². The summed E-state index contributed by atoms with van der Waals surface area (Å²) in [5.41, 5.74) is 2.57. The molecule has 7 nitrogen and oxygen atoms in total. The number of nitrogens with one attached hydrogen (secondary N) is 3. The molecule has 0 aliphatic heterocycles. The second-order valence-corrected chi connectivity index (χ2v) is 6.45. The quantitative estimate of drug-likeness (QED) is 0.708. The minimum atomic E-state index is -3.99. The molecule has 0 fully saturated rings. The Labute approximate surface area is 137 Å². The van der Waals surface area contributed by atoms with Crippen LogP contribution < -0.4 is 15.6 Å². The summed E-state index contributed by atoms with van der Waals surface area (Å²) < 4.78 is 37.0. The molecule has 0 radical (unpaired) electrons. The fourth-order valence-corrected chi connectivity index (χ4v) is 2.61. The highest BCUT2D eigenvalue weighted by Crippen LogP contribution is 2.13. The number of hydrogen-bond donors (Lipinski definition) is 3. The second-order valence-electron chi connectivity index (χ2n) is 4.77. The maximum absolute atomic E-state index is 12.8. The molecule has 0 aliphatic carbocycles. The summed E-state index contributed by atoms with van der Waals surface area (Å²) in [6, 6.07) is 10.0. The number of amides is 2. The van der Waals surface area contributed by atoms with Gasteiger partial charge in [-0.05, 0) is 48.5 Å². The molecule has 0 bridgehead atoms. The Morgan fingerprint density at radius 1 is 0.958 bits per heavy atom. The predicted molar refractivity (Wildman–Crippen MR) is 84.9 cm³/mol. The average molecular weight is 351 g/mol. The Balaban J connectivity index is 2.04. The van der Waals surface area contributed by atoms with Gasteiger partial charge >= 0.3 is 0 Å². The highest BCUT2D eigenvalue weighted by atomic mass is 32.2. The van der Waals surface area contributed by atoms with Crippen LogP contribution in [0, 0.1) is 5.82 Å². The minimum absolute atomic E-state index is 0.0973. The summed E-state index contributed by atoms with van der Waals surface area (Å²) in [7, 11) is -3.99. The van der Waals surface area contributed by atoms with Crippen LogP contribution in [-0.4, -0.2) is 20.2 Å². The van der Waals surface area contributed by atoms with Gasteiger partial charge in [-0.3, -0.25) is 15.0 Å². The normalized spacial score (nSPS) is 10.9. The van der Waals surface area contributed by atoms with Crippen LogP contribution in [0.2, 0.25) is 0 Å². The number of hydrazine groups is 1. The number of halogens is 1. The van der Waals surface area contributed by atoms with Crippen molar-refractivity contribution in [2.75, 3.05) is 5.32 Å². The van der Waals surface area contributed by atoms with E-state index in [-0.39, 0.29) is 16.4 Å². The third-order valence-electron chi connectivity index (χ3n) is 2.89. The first-order valence-electron chi connectivity index (χ1n) is 6.73. The topological polar surface area (TPSA) is 104 Å². The van der Waals surface area contributed by atoms with E-state index in [9.17, 15) is 22.4 Å². The standard InChI is InChI=1S/C15H14FN3O4S/c1-10(20)17-13-6-8-14(9-7-13)24(22,23)19-18-15(21)11-2-4-12(16)5-3-11/h2-9,19H,1H3,(H,17,20)(H,18,21). The molecular formula is C15H14FN3O4S. The highest BCUT2D eigenvalue weighted by molar-refractivity contribution is 7.89. The summed E-state index contributed by atoms with van der Waals surface area (Å²) in [6.45, 7) is 1.33. The molecule has 0 unspecified atom stereocenters. The summed E-state index contributed by atoms with van der Waals surface area (Å²) in [6.07, 6.45) is 0. The first kappa shape index (κ1) is 17.6. The summed E-state index contributed by atoms with van der Waals surface area (Å²) in [5.74, 6) is -1.52. The number of sulfonamides is 1. The lowest BCUT2D eigenvalue weighted by molar-refractivity contribution is -0.114. The van der Waals surface area contributed by atoms with Crippen LogP contribution in [0.25, 0.3) is 0 Å². The lowest BCUT2D eigenvalue weighted by Crippen LogP contribution is -2.41. The van der Waals surface area contributed by atoms with Crippen molar-refractivity contribution in [3.05, 3.63) is 59.9 Å². The minimum Gasteiger partial charge on any atom is -0.326 e. The highest BCUT2D eigenvalue weighted by Gasteiger charge is 2.15. The van der Waals surface area contributed by atoms with E-state index in [1.807, 2.05) is 10.3 Å². The number of carbonyl (C=O) groups is 2. The number of carbonyl (C=O) groups excluding carboxylic acids is 2. The lowest BCUT2D eigenvalue weighted by Gasteiger charge is -2.09. The number of rotatable bonds is 5. The molecule has 0 saturated carbocycles. The summed E-state index contributed by atoms with van der Waals surface area (Å²) in [5, 5.41) is 2.51. The maximum atomic E-state index is 12.8. The number of hydrogen-bond acceptors (Lipinski definition) is 4. The monoisotopic (exact) mass is 351 g/mol. The van der Waals surface area contributed by atoms with E-state index < -0.39 is 21.7 Å². The van der Waals surface area contributed by atoms with E-state index >= 15 is 0 Å². The van der Waals surface area contributed by atoms with Crippen molar-refractivity contribution in [3.8, 4) is 0 Å². The molecule has 24 heavy (non-hydrogen) atoms. The smallest absolute Gasteiger partial charge is 0.266 e. The van der Waals surface area contributed by atoms with Gasteiger partial charge in [0.05, 0.1) is 4.90 Å². The van der Waals surface area contributed by atoms with Crippen LogP contribution in [0.15, 0.2) is 53.4 Å². The molecule has 0 saturated heterocycles. The van der Waals surface area contributed by atoms with Crippen molar-refractivity contribution < 1.29 is 22.4 Å². The van der Waals surface area contributed by atoms with Crippen molar-refractivity contribution in [2.45, 2.75) is 11.8 Å². The van der Waals surface area contributed by atoms with Gasteiger partial charge in [0.1, 0.15) is 5.82 Å². The molecular weight excluding hydrogens is 337 g/mol. The molecule has 0 atom stereocenters. The van der Waals surface area contributed by atoms with Gasteiger partial charge in [0.25, 0.3) is 15.9 Å². The van der Waals surface area contributed by atoms with E-state index in [1.54, 1.807) is 0 Å². The SMILES string of the molecule is CC(=O)Nc1ccc(S(=O)(=O)NNC(=O)c2ccc(F)cc2)cc1. The average Bonchev–Trinajstić information content (AvgIpc) is 2.53. The zero-order valence-corrected chi connectivity index (χ0v) is 13.4. The van der Waals surface area contributed by atoms with Crippen molar-refractivity contribution in [3.63, 3.8) is 0 Å². The van der Waals surface area contributed by atoms with E-state index in [0.717, 1.165) is 12.1 Å². The van der Waals surface area contributed by atoms with Gasteiger partial charge in [0, 0.05) is 18.2 Å². The van der Waals surface area contributed by atoms with Gasteiger partial charge < -0.3 is 5.32 Å². The van der Waals surface area contributed by atoms with E-state index in [2.05, 4.69) is 5.32 Å². The first-order valence-corrected chi connectivity index (χ1v) is 8.21. The zero-order valence-electron chi connectivity index (χ0n) is 12.5. The van der Waals surface area contributed by atoms with Crippen molar-refractivity contribution in [1.29, 1.82) is 0 Å². The third-order valence-corrected chi connectivity index (χ3v) is 4.15. The van der Waals surface area contributed by atoms with Gasteiger partial charge in [-0.15, -0.1) is 4.83 Å². The molecule has 0 aromatic heterocycles. The van der Waals surface area contributed by atoms with Gasteiger partial charge in [-0.25, -0.2) is 12.8 Å². The summed E-state index contributed by atoms with van der Waals surface area (Å²) >= 11 is 0. The van der Waals surface area contributed by atoms with Crippen LogP contribution in [0.1, 0.15) is 17.3 Å². The molecule has 0 aliphatic rings. The Morgan fingerprint density at radius 2 is 1.54 bits per heavy atom. The van der Waals surface area contributed by atoms with Crippen molar-refractivity contribution >= 4 is 27.5 Å². The molecule has 3 N–H and O–H groups in total. The van der Waals surface area contributed by atoms with Gasteiger partial charge in [-0.2, -0.15) is 0 Å². The summed E-state index contributed by atoms with van der Waals surface area (Å²) in [4.78, 5) is 24.6. The van der Waals surface area contributed by atoms with Crippen LogP contribution in [0.5, 0.6) is 0 Å². The van der Waals surface area contributed by atoms with Crippen LogP contribution in [0.4, 0.5) is 10.1 Å². The van der Waals surface area contributed by atoms with E-state index in [1.165, 1.54) is 43.3 Å². The molecule has 2 aromatic rings. The third kappa shape index (κ3) is 4.61. The fourth-order valence-electron chi connectivity index (χ4n) is 1.77. The van der Waals surface area contributed by atoms with Gasteiger partial charge in [0.15, 0.2) is 0 Å². The number of anilines is 1. The molecule has 2 amide bonds. The molecule has 126 valence electrons. The zero-order chi connectivity index (χ0) is 17.7. The fraction of sp³-hybridized carbons (Fsp3) is 0.0667. The predicted octanol–water partition coefficient (Wildman–Crippen LogP) is 1.41. The Hall–Kier alpha value is -2.78. The lowest BCUT2D eigenvalue weighted by atomic mass is 10.2. The molecule has 2 aromatic carbocycles. The molecule has 2 rings (SSSR count).